The van der Waals surface area contributed by atoms with E-state index in [1.54, 1.807) is 91.9 Å². The summed E-state index contributed by atoms with van der Waals surface area (Å²) < 4.78 is 51.0. The van der Waals surface area contributed by atoms with E-state index >= 15 is 0 Å². The van der Waals surface area contributed by atoms with Crippen LogP contribution in [0.15, 0.2) is 265 Å². The molecular weight excluding hydrogens is 1540 g/mol. The first kappa shape index (κ1) is 80.2. The van der Waals surface area contributed by atoms with Gasteiger partial charge in [0.05, 0.1) is 51.5 Å². The van der Waals surface area contributed by atoms with Crippen molar-refractivity contribution in [2.45, 2.75) is 40.3 Å². The van der Waals surface area contributed by atoms with Gasteiger partial charge in [0.2, 0.25) is 23.6 Å². The Hall–Kier alpha value is -13.9. The summed E-state index contributed by atoms with van der Waals surface area (Å²) >= 11 is 6.40. The van der Waals surface area contributed by atoms with Crippen molar-refractivity contribution in [2.24, 2.45) is 22.9 Å². The lowest BCUT2D eigenvalue weighted by Gasteiger charge is -2.10. The lowest BCUT2D eigenvalue weighted by Crippen LogP contribution is -2.12. The van der Waals surface area contributed by atoms with Crippen molar-refractivity contribution >= 4 is 102 Å². The fraction of sp³-hybridized carbons (Fsp3) is 0.0732. The lowest BCUT2D eigenvalue weighted by molar-refractivity contribution is 0.0991. The van der Waals surface area contributed by atoms with Gasteiger partial charge in [0.25, 0.3) is 23.6 Å². The van der Waals surface area contributed by atoms with E-state index in [9.17, 15) is 47.1 Å². The highest BCUT2D eigenvalue weighted by atomic mass is 79.9. The molecule has 8 amide bonds. The molecular formula is C82H68Br2F2N12O12. The van der Waals surface area contributed by atoms with Gasteiger partial charge in [-0.15, -0.1) is 0 Å². The Kier molecular flexibility index (Phi) is 28.8. The fourth-order valence-corrected chi connectivity index (χ4v) is 10.2. The van der Waals surface area contributed by atoms with Crippen molar-refractivity contribution in [2.75, 3.05) is 21.3 Å². The van der Waals surface area contributed by atoms with Crippen LogP contribution in [0, 0.1) is 25.5 Å². The SMILES string of the molecule is Cc1ccc(C(=O)Nc2cccc(COc3cncc(C(N)=O)c3)c2)cc1.Cc1ccc(C(=O)Nc2cccc(COc3cncc(C(N)=O)c3)c2)cc1F.NC(=O)c1cncc(OCc2cccc(NC(=O)c3ccc(Br)c(F)c3)c2)c1.NC(=O)c1cncc(OCc2cccc(NC(=O)c3ccc(Br)cc3)c2)c1. The highest BCUT2D eigenvalue weighted by Gasteiger charge is 2.15. The minimum Gasteiger partial charge on any atom is -0.487 e. The molecule has 4 heterocycles. The topological polar surface area (TPSA) is 377 Å². The third-order valence-corrected chi connectivity index (χ3v) is 16.6. The van der Waals surface area contributed by atoms with Crippen LogP contribution in [0.4, 0.5) is 31.5 Å². The van der Waals surface area contributed by atoms with Crippen LogP contribution in [0.1, 0.15) is 116 Å². The second-order valence-electron chi connectivity index (χ2n) is 23.8. The van der Waals surface area contributed by atoms with Gasteiger partial charge < -0.3 is 63.1 Å². The average molecular weight is 1610 g/mol. The van der Waals surface area contributed by atoms with E-state index < -0.39 is 47.1 Å². The van der Waals surface area contributed by atoms with E-state index in [1.165, 1.54) is 86.0 Å². The van der Waals surface area contributed by atoms with Crippen LogP contribution in [-0.2, 0) is 26.4 Å². The Labute approximate surface area is 645 Å². The number of amides is 8. The summed E-state index contributed by atoms with van der Waals surface area (Å²) in [6.07, 6.45) is 11.4. The second-order valence-corrected chi connectivity index (χ2v) is 25.6. The van der Waals surface area contributed by atoms with Crippen molar-refractivity contribution in [3.05, 3.63) is 354 Å². The van der Waals surface area contributed by atoms with Crippen molar-refractivity contribution in [3.8, 4) is 23.0 Å². The molecule has 0 unspecified atom stereocenters. The number of carbonyl (C=O) groups is 8. The quantitative estimate of drug-likeness (QED) is 0.0279. The Balaban J connectivity index is 0.000000169. The third-order valence-electron chi connectivity index (χ3n) is 15.4. The van der Waals surface area contributed by atoms with Gasteiger partial charge in [-0.05, 0) is 197 Å². The second kappa shape index (κ2) is 39.5. The van der Waals surface area contributed by atoms with E-state index in [0.29, 0.717) is 62.4 Å². The number of nitrogens with one attached hydrogen (secondary N) is 4. The predicted molar refractivity (Wildman–Crippen MR) is 416 cm³/mol. The fourth-order valence-electron chi connectivity index (χ4n) is 9.64. The van der Waals surface area contributed by atoms with Gasteiger partial charge in [-0.3, -0.25) is 58.3 Å². The van der Waals surface area contributed by atoms with Crippen LogP contribution in [0.5, 0.6) is 23.0 Å². The number of aromatic nitrogens is 4. The molecule has 12 N–H and O–H groups in total. The van der Waals surface area contributed by atoms with Crippen LogP contribution >= 0.6 is 31.9 Å². The number of nitrogens with two attached hydrogens (primary N) is 4. The molecule has 12 aromatic rings. The van der Waals surface area contributed by atoms with E-state index in [1.807, 2.05) is 85.8 Å². The summed E-state index contributed by atoms with van der Waals surface area (Å²) in [4.78, 5) is 110. The zero-order chi connectivity index (χ0) is 78.6. The Morgan fingerprint density at radius 3 is 0.909 bits per heavy atom. The number of anilines is 4. The van der Waals surface area contributed by atoms with Gasteiger partial charge in [0.1, 0.15) is 61.1 Å². The normalized spacial score (nSPS) is 10.3. The van der Waals surface area contributed by atoms with Crippen molar-refractivity contribution < 1.29 is 66.1 Å². The number of primary amides is 4. The Morgan fingerprint density at radius 2 is 0.609 bits per heavy atom. The standard InChI is InChI=1S/C21H18FN3O3.C21H19N3O3.C20H15BrFN3O3.C20H16BrN3O3/c1-13-5-6-15(9-19(13)22)21(27)25-17-4-2-3-14(7-17)12-28-18-8-16(20(23)26)10-24-11-18;1-14-5-7-16(8-6-14)21(26)24-18-4-2-3-15(9-18)13-27-19-10-17(20(22)25)11-23-12-19;21-17-5-4-13(8-18(17)22)20(27)25-15-3-1-2-12(6-15)11-28-16-7-14(19(23)26)9-24-10-16;21-16-6-4-14(5-7-16)20(26)24-17-3-1-2-13(8-17)12-27-18-9-15(19(22)25)10-23-11-18/h2-11H,12H2,1H3,(H2,23,26)(H,25,27);2-12H,13H2,1H3,(H2,22,25)(H,24,26);1-10H,11H2,(H2,23,26)(H,25,27);1-11H,12H2,(H2,22,25)(H,24,26). The molecule has 28 heteroatoms. The first-order valence-corrected chi connectivity index (χ1v) is 34.6. The van der Waals surface area contributed by atoms with E-state index in [0.717, 1.165) is 38.4 Å². The van der Waals surface area contributed by atoms with Gasteiger partial charge in [0, 0.05) is 74.3 Å². The van der Waals surface area contributed by atoms with E-state index in [4.69, 9.17) is 41.9 Å². The average Bonchev–Trinajstić information content (AvgIpc) is 1.16. The number of carbonyl (C=O) groups excluding carboxylic acids is 8. The van der Waals surface area contributed by atoms with Crippen LogP contribution in [0.3, 0.4) is 0 Å². The Bertz CT molecular complexity index is 5010. The van der Waals surface area contributed by atoms with Gasteiger partial charge >= 0.3 is 0 Å². The van der Waals surface area contributed by atoms with Crippen LogP contribution in [-0.4, -0.2) is 67.2 Å². The molecule has 0 saturated heterocycles. The lowest BCUT2D eigenvalue weighted by atomic mass is 10.1. The first-order valence-electron chi connectivity index (χ1n) is 33.0. The Morgan fingerprint density at radius 1 is 0.327 bits per heavy atom. The molecule has 0 bridgehead atoms. The van der Waals surface area contributed by atoms with Gasteiger partial charge in [-0.25, -0.2) is 8.78 Å². The molecule has 0 spiro atoms. The van der Waals surface area contributed by atoms with Gasteiger partial charge in [0.15, 0.2) is 0 Å². The zero-order valence-corrected chi connectivity index (χ0v) is 61.8. The molecule has 0 aliphatic rings. The summed E-state index contributed by atoms with van der Waals surface area (Å²) in [5, 5.41) is 11.2. The monoisotopic (exact) mass is 1610 g/mol. The summed E-state index contributed by atoms with van der Waals surface area (Å²) in [5.41, 5.74) is 30.9. The molecule has 8 aromatic carbocycles. The summed E-state index contributed by atoms with van der Waals surface area (Å²) in [6.45, 7) is 4.52. The molecule has 556 valence electrons. The van der Waals surface area contributed by atoms with Crippen molar-refractivity contribution in [1.29, 1.82) is 0 Å². The van der Waals surface area contributed by atoms with Crippen LogP contribution in [0.25, 0.3) is 0 Å². The smallest absolute Gasteiger partial charge is 0.255 e. The largest absolute Gasteiger partial charge is 0.487 e. The number of benzene rings is 8. The number of nitrogens with zero attached hydrogens (tertiary/aromatic N) is 4. The number of aryl methyl sites for hydroxylation is 2. The summed E-state index contributed by atoms with van der Waals surface area (Å²) in [7, 11) is 0. The van der Waals surface area contributed by atoms with Crippen LogP contribution < -0.4 is 63.1 Å². The molecule has 12 rings (SSSR count). The maximum atomic E-state index is 13.7. The molecule has 24 nitrogen and oxygen atoms in total. The summed E-state index contributed by atoms with van der Waals surface area (Å²) in [6, 6.07) is 57.8. The molecule has 4 aromatic heterocycles. The van der Waals surface area contributed by atoms with Crippen molar-refractivity contribution in [1.82, 2.24) is 19.9 Å². The molecule has 0 radical (unpaired) electrons. The number of rotatable bonds is 24. The minimum absolute atomic E-state index is 0.175. The van der Waals surface area contributed by atoms with Gasteiger partial charge in [-0.2, -0.15) is 0 Å². The molecule has 0 aliphatic carbocycles. The molecule has 110 heavy (non-hydrogen) atoms. The van der Waals surface area contributed by atoms with Gasteiger partial charge in [-0.1, -0.05) is 88.2 Å². The third kappa shape index (κ3) is 25.2. The van der Waals surface area contributed by atoms with E-state index in [2.05, 4.69) is 73.1 Å². The number of halogens is 4. The van der Waals surface area contributed by atoms with Crippen molar-refractivity contribution in [3.63, 3.8) is 0 Å². The molecule has 0 saturated carbocycles. The predicted octanol–water partition coefficient (Wildman–Crippen LogP) is 14.5. The summed E-state index contributed by atoms with van der Waals surface area (Å²) in [5.74, 6) is -2.76. The highest BCUT2D eigenvalue weighted by molar-refractivity contribution is 9.10. The highest BCUT2D eigenvalue weighted by Crippen LogP contribution is 2.24. The zero-order valence-electron chi connectivity index (χ0n) is 58.6. The maximum absolute atomic E-state index is 13.7. The van der Waals surface area contributed by atoms with Crippen LogP contribution in [0.2, 0.25) is 0 Å². The maximum Gasteiger partial charge on any atom is 0.255 e. The molecule has 0 aliphatic heterocycles. The number of ether oxygens (including phenoxy) is 4. The van der Waals surface area contributed by atoms with E-state index in [-0.39, 0.29) is 76.1 Å². The number of pyridine rings is 4. The molecule has 0 fully saturated rings. The first-order chi connectivity index (χ1) is 52.9. The minimum atomic E-state index is -0.591. The number of hydrogen-bond donors (Lipinski definition) is 8. The number of hydrogen-bond acceptors (Lipinski definition) is 16. The molecule has 0 atom stereocenters.